The lowest BCUT2D eigenvalue weighted by Gasteiger charge is -2.11. The van der Waals surface area contributed by atoms with Crippen LogP contribution in [0.4, 0.5) is 4.39 Å². The smallest absolute Gasteiger partial charge is 0.191 e. The van der Waals surface area contributed by atoms with Crippen molar-refractivity contribution >= 4 is 11.8 Å². The number of halogens is 1. The highest BCUT2D eigenvalue weighted by atomic mass is 32.2. The lowest BCUT2D eigenvalue weighted by molar-refractivity contribution is 0.626. The molecular weight excluding hydrogens is 373 g/mol. The predicted octanol–water partition coefficient (Wildman–Crippen LogP) is 4.58. The van der Waals surface area contributed by atoms with E-state index in [1.165, 1.54) is 11.6 Å². The molecule has 0 atom stereocenters. The van der Waals surface area contributed by atoms with Crippen LogP contribution < -0.4 is 0 Å². The van der Waals surface area contributed by atoms with Crippen LogP contribution in [0.15, 0.2) is 72.1 Å². The SMILES string of the molecule is Fc1ccccc1-c1nnc(SCCCc2cn[nH]c2)n1Cc1ccccc1. The fraction of sp³-hybridized carbons (Fsp3) is 0.190. The van der Waals surface area contributed by atoms with Crippen molar-refractivity contribution in [2.24, 2.45) is 0 Å². The molecule has 2 heterocycles. The van der Waals surface area contributed by atoms with Gasteiger partial charge in [0.1, 0.15) is 5.82 Å². The number of benzene rings is 2. The Morgan fingerprint density at radius 2 is 1.79 bits per heavy atom. The average molecular weight is 393 g/mol. The molecule has 4 rings (SSSR count). The van der Waals surface area contributed by atoms with E-state index in [-0.39, 0.29) is 5.82 Å². The van der Waals surface area contributed by atoms with Gasteiger partial charge in [0.05, 0.1) is 18.3 Å². The van der Waals surface area contributed by atoms with Crippen LogP contribution in [-0.2, 0) is 13.0 Å². The van der Waals surface area contributed by atoms with Crippen molar-refractivity contribution in [1.29, 1.82) is 0 Å². The maximum absolute atomic E-state index is 14.4. The van der Waals surface area contributed by atoms with Gasteiger partial charge in [-0.25, -0.2) is 4.39 Å². The Hall–Kier alpha value is -2.93. The van der Waals surface area contributed by atoms with Crippen LogP contribution in [0.1, 0.15) is 17.5 Å². The molecule has 0 aliphatic heterocycles. The number of nitrogens with zero attached hydrogens (tertiary/aromatic N) is 4. The van der Waals surface area contributed by atoms with Crippen LogP contribution in [-0.4, -0.2) is 30.7 Å². The van der Waals surface area contributed by atoms with E-state index in [1.807, 2.05) is 41.2 Å². The molecule has 0 aliphatic rings. The Morgan fingerprint density at radius 1 is 0.964 bits per heavy atom. The minimum absolute atomic E-state index is 0.291. The summed E-state index contributed by atoms with van der Waals surface area (Å²) in [5, 5.41) is 16.3. The van der Waals surface area contributed by atoms with Gasteiger partial charge in [-0.3, -0.25) is 9.67 Å². The Bertz CT molecular complexity index is 1010. The lowest BCUT2D eigenvalue weighted by Crippen LogP contribution is -2.05. The highest BCUT2D eigenvalue weighted by molar-refractivity contribution is 7.99. The standard InChI is InChI=1S/C21H20FN5S/c22-19-11-5-4-10-18(19)20-25-26-21(27(20)15-16-7-2-1-3-8-16)28-12-6-9-17-13-23-24-14-17/h1-5,7-8,10-11,13-14H,6,9,12,15H2,(H,23,24). The highest BCUT2D eigenvalue weighted by Crippen LogP contribution is 2.27. The van der Waals surface area contributed by atoms with Gasteiger partial charge in [-0.1, -0.05) is 54.2 Å². The first-order valence-corrected chi connectivity index (χ1v) is 10.1. The van der Waals surface area contributed by atoms with E-state index in [4.69, 9.17) is 0 Å². The summed E-state index contributed by atoms with van der Waals surface area (Å²) in [6.45, 7) is 0.599. The molecule has 0 aliphatic carbocycles. The molecule has 2 aromatic heterocycles. The number of hydrogen-bond acceptors (Lipinski definition) is 4. The first kappa shape index (κ1) is 18.4. The van der Waals surface area contributed by atoms with Gasteiger partial charge in [-0.05, 0) is 36.1 Å². The molecule has 0 bridgehead atoms. The summed E-state index contributed by atoms with van der Waals surface area (Å²) in [7, 11) is 0. The number of nitrogens with one attached hydrogen (secondary N) is 1. The van der Waals surface area contributed by atoms with Gasteiger partial charge in [0.2, 0.25) is 0 Å². The van der Waals surface area contributed by atoms with Crippen LogP contribution in [0.2, 0.25) is 0 Å². The Labute approximate surface area is 167 Å². The van der Waals surface area contributed by atoms with Crippen molar-refractivity contribution in [3.8, 4) is 11.4 Å². The maximum Gasteiger partial charge on any atom is 0.191 e. The fourth-order valence-corrected chi connectivity index (χ4v) is 3.88. The van der Waals surface area contributed by atoms with Gasteiger partial charge in [0.25, 0.3) is 0 Å². The molecule has 0 spiro atoms. The molecular formula is C21H20FN5S. The molecule has 142 valence electrons. The lowest BCUT2D eigenvalue weighted by atomic mass is 10.2. The Kier molecular flexibility index (Phi) is 5.82. The van der Waals surface area contributed by atoms with E-state index in [1.54, 1.807) is 23.9 Å². The number of aryl methyl sites for hydroxylation is 1. The Morgan fingerprint density at radius 3 is 2.57 bits per heavy atom. The molecule has 5 nitrogen and oxygen atoms in total. The Balaban J connectivity index is 1.56. The van der Waals surface area contributed by atoms with Gasteiger partial charge in [0, 0.05) is 11.9 Å². The average Bonchev–Trinajstić information content (AvgIpc) is 3.37. The second-order valence-corrected chi connectivity index (χ2v) is 7.48. The van der Waals surface area contributed by atoms with E-state index in [9.17, 15) is 4.39 Å². The van der Waals surface area contributed by atoms with Crippen molar-refractivity contribution in [2.75, 3.05) is 5.75 Å². The molecule has 28 heavy (non-hydrogen) atoms. The molecule has 1 N–H and O–H groups in total. The molecule has 0 radical (unpaired) electrons. The van der Waals surface area contributed by atoms with E-state index < -0.39 is 0 Å². The van der Waals surface area contributed by atoms with Gasteiger partial charge in [0.15, 0.2) is 11.0 Å². The number of hydrogen-bond donors (Lipinski definition) is 1. The van der Waals surface area contributed by atoms with Gasteiger partial charge in [-0.15, -0.1) is 10.2 Å². The molecule has 0 fully saturated rings. The molecule has 0 unspecified atom stereocenters. The van der Waals surface area contributed by atoms with E-state index in [0.29, 0.717) is 17.9 Å². The van der Waals surface area contributed by atoms with Crippen molar-refractivity contribution < 1.29 is 4.39 Å². The zero-order chi connectivity index (χ0) is 19.2. The van der Waals surface area contributed by atoms with Crippen molar-refractivity contribution in [1.82, 2.24) is 25.0 Å². The molecule has 0 amide bonds. The van der Waals surface area contributed by atoms with E-state index in [0.717, 1.165) is 29.3 Å². The normalized spacial score (nSPS) is 11.0. The second-order valence-electron chi connectivity index (χ2n) is 6.42. The zero-order valence-corrected chi connectivity index (χ0v) is 16.1. The minimum atomic E-state index is -0.291. The van der Waals surface area contributed by atoms with Crippen molar-refractivity contribution in [3.05, 3.63) is 83.9 Å². The van der Waals surface area contributed by atoms with E-state index in [2.05, 4.69) is 32.5 Å². The van der Waals surface area contributed by atoms with Crippen LogP contribution >= 0.6 is 11.8 Å². The molecule has 4 aromatic rings. The van der Waals surface area contributed by atoms with Gasteiger partial charge >= 0.3 is 0 Å². The summed E-state index contributed by atoms with van der Waals surface area (Å²) in [4.78, 5) is 0. The topological polar surface area (TPSA) is 59.4 Å². The largest absolute Gasteiger partial charge is 0.297 e. The quantitative estimate of drug-likeness (QED) is 0.352. The summed E-state index contributed by atoms with van der Waals surface area (Å²) in [5.41, 5.74) is 2.79. The summed E-state index contributed by atoms with van der Waals surface area (Å²) < 4.78 is 16.4. The van der Waals surface area contributed by atoms with Crippen molar-refractivity contribution in [2.45, 2.75) is 24.5 Å². The maximum atomic E-state index is 14.4. The van der Waals surface area contributed by atoms with Gasteiger partial charge in [-0.2, -0.15) is 5.10 Å². The first-order valence-electron chi connectivity index (χ1n) is 9.14. The third kappa shape index (κ3) is 4.31. The zero-order valence-electron chi connectivity index (χ0n) is 15.3. The second kappa shape index (κ2) is 8.84. The number of rotatable bonds is 8. The van der Waals surface area contributed by atoms with E-state index >= 15 is 0 Å². The predicted molar refractivity (Wildman–Crippen MR) is 109 cm³/mol. The molecule has 0 saturated heterocycles. The summed E-state index contributed by atoms with van der Waals surface area (Å²) in [5.74, 6) is 1.16. The van der Waals surface area contributed by atoms with Gasteiger partial charge < -0.3 is 0 Å². The van der Waals surface area contributed by atoms with Crippen LogP contribution in [0.3, 0.4) is 0 Å². The van der Waals surface area contributed by atoms with Crippen molar-refractivity contribution in [3.63, 3.8) is 0 Å². The highest BCUT2D eigenvalue weighted by Gasteiger charge is 2.17. The fourth-order valence-electron chi connectivity index (χ4n) is 3.00. The number of aromatic amines is 1. The minimum Gasteiger partial charge on any atom is -0.297 e. The number of thioether (sulfide) groups is 1. The third-order valence-electron chi connectivity index (χ3n) is 4.41. The number of aromatic nitrogens is 5. The number of H-pyrrole nitrogens is 1. The summed E-state index contributed by atoms with van der Waals surface area (Å²) in [6.07, 6.45) is 5.71. The summed E-state index contributed by atoms with van der Waals surface area (Å²) >= 11 is 1.65. The third-order valence-corrected chi connectivity index (χ3v) is 5.46. The molecule has 7 heteroatoms. The monoisotopic (exact) mass is 393 g/mol. The van der Waals surface area contributed by atoms with Crippen LogP contribution in [0, 0.1) is 5.82 Å². The van der Waals surface area contributed by atoms with Crippen LogP contribution in [0.25, 0.3) is 11.4 Å². The molecule has 0 saturated carbocycles. The van der Waals surface area contributed by atoms with Crippen LogP contribution in [0.5, 0.6) is 0 Å². The first-order chi connectivity index (χ1) is 13.8. The summed E-state index contributed by atoms with van der Waals surface area (Å²) in [6, 6.07) is 16.8. The molecule has 2 aromatic carbocycles.